The minimum absolute atomic E-state index is 0.315. The van der Waals surface area contributed by atoms with Crippen LogP contribution in [0.25, 0.3) is 10.9 Å². The summed E-state index contributed by atoms with van der Waals surface area (Å²) in [6.07, 6.45) is 6.46. The standard InChI is InChI=1S/C18H21N3OS/c1-13-20-11-15(23-13)12-21-9-6-14(7-10-21)22-18-4-2-3-17-16(18)5-8-19-17/h2-5,8,11,14,19H,6-7,9-10,12H2,1H3. The fraction of sp³-hybridized carbons (Fsp3) is 0.389. The van der Waals surface area contributed by atoms with Gasteiger partial charge in [-0.05, 0) is 38.0 Å². The summed E-state index contributed by atoms with van der Waals surface area (Å²) in [4.78, 5) is 11.4. The van der Waals surface area contributed by atoms with E-state index in [0.29, 0.717) is 6.10 Å². The topological polar surface area (TPSA) is 41.2 Å². The van der Waals surface area contributed by atoms with E-state index in [2.05, 4.69) is 46.1 Å². The van der Waals surface area contributed by atoms with Crippen LogP contribution in [0, 0.1) is 6.92 Å². The highest BCUT2D eigenvalue weighted by Crippen LogP contribution is 2.28. The Morgan fingerprint density at radius 2 is 2.17 bits per heavy atom. The van der Waals surface area contributed by atoms with E-state index >= 15 is 0 Å². The van der Waals surface area contributed by atoms with Crippen LogP contribution in [0.3, 0.4) is 0 Å². The van der Waals surface area contributed by atoms with Gasteiger partial charge in [0.1, 0.15) is 11.9 Å². The number of nitrogens with zero attached hydrogens (tertiary/aromatic N) is 2. The van der Waals surface area contributed by atoms with Crippen LogP contribution in [0.1, 0.15) is 22.7 Å². The minimum atomic E-state index is 0.315. The van der Waals surface area contributed by atoms with Gasteiger partial charge in [-0.3, -0.25) is 4.90 Å². The number of aryl methyl sites for hydroxylation is 1. The van der Waals surface area contributed by atoms with Crippen molar-refractivity contribution >= 4 is 22.2 Å². The summed E-state index contributed by atoms with van der Waals surface area (Å²) in [5, 5.41) is 2.33. The number of nitrogens with one attached hydrogen (secondary N) is 1. The smallest absolute Gasteiger partial charge is 0.129 e. The first kappa shape index (κ1) is 14.7. The van der Waals surface area contributed by atoms with Crippen LogP contribution in [-0.4, -0.2) is 34.1 Å². The number of rotatable bonds is 4. The molecule has 0 atom stereocenters. The van der Waals surface area contributed by atoms with E-state index in [1.54, 1.807) is 11.3 Å². The van der Waals surface area contributed by atoms with Gasteiger partial charge in [-0.25, -0.2) is 4.98 Å². The number of H-pyrrole nitrogens is 1. The van der Waals surface area contributed by atoms with Crippen molar-refractivity contribution in [3.63, 3.8) is 0 Å². The number of piperidine rings is 1. The van der Waals surface area contributed by atoms with Gasteiger partial charge >= 0.3 is 0 Å². The van der Waals surface area contributed by atoms with E-state index in [0.717, 1.165) is 48.7 Å². The molecule has 0 spiro atoms. The molecule has 1 aliphatic heterocycles. The second-order valence-electron chi connectivity index (χ2n) is 6.13. The first-order chi connectivity index (χ1) is 11.3. The molecule has 3 heterocycles. The summed E-state index contributed by atoms with van der Waals surface area (Å²) in [7, 11) is 0. The molecule has 3 aromatic rings. The maximum Gasteiger partial charge on any atom is 0.129 e. The lowest BCUT2D eigenvalue weighted by Gasteiger charge is -2.31. The molecule has 1 saturated heterocycles. The maximum atomic E-state index is 6.27. The summed E-state index contributed by atoms with van der Waals surface area (Å²) in [5.41, 5.74) is 1.14. The molecule has 4 nitrogen and oxygen atoms in total. The predicted octanol–water partition coefficient (Wildman–Crippen LogP) is 3.98. The number of aromatic nitrogens is 2. The first-order valence-electron chi connectivity index (χ1n) is 8.14. The highest BCUT2D eigenvalue weighted by atomic mass is 32.1. The third-order valence-corrected chi connectivity index (χ3v) is 5.33. The summed E-state index contributed by atoms with van der Waals surface area (Å²) >= 11 is 1.80. The van der Waals surface area contributed by atoms with Gasteiger partial charge in [-0.1, -0.05) is 6.07 Å². The van der Waals surface area contributed by atoms with Crippen molar-refractivity contribution in [1.29, 1.82) is 0 Å². The molecule has 4 rings (SSSR count). The van der Waals surface area contributed by atoms with E-state index in [1.165, 1.54) is 10.3 Å². The molecular formula is C18H21N3OS. The maximum absolute atomic E-state index is 6.27. The molecular weight excluding hydrogens is 306 g/mol. The number of fused-ring (bicyclic) bond motifs is 1. The first-order valence-corrected chi connectivity index (χ1v) is 8.96. The predicted molar refractivity (Wildman–Crippen MR) is 94.1 cm³/mol. The molecule has 2 aromatic heterocycles. The van der Waals surface area contributed by atoms with Gasteiger partial charge in [-0.15, -0.1) is 11.3 Å². The summed E-state index contributed by atoms with van der Waals surface area (Å²) in [6.45, 7) is 5.26. The minimum Gasteiger partial charge on any atom is -0.490 e. The van der Waals surface area contributed by atoms with Crippen LogP contribution in [0.4, 0.5) is 0 Å². The molecule has 0 saturated carbocycles. The summed E-state index contributed by atoms with van der Waals surface area (Å²) < 4.78 is 6.27. The van der Waals surface area contributed by atoms with Gasteiger partial charge in [0.25, 0.3) is 0 Å². The van der Waals surface area contributed by atoms with Crippen LogP contribution in [0.5, 0.6) is 5.75 Å². The molecule has 1 N–H and O–H groups in total. The van der Waals surface area contributed by atoms with Gasteiger partial charge in [0.15, 0.2) is 0 Å². The number of aromatic amines is 1. The Bertz CT molecular complexity index is 786. The number of hydrogen-bond acceptors (Lipinski definition) is 4. The van der Waals surface area contributed by atoms with Gasteiger partial charge in [-0.2, -0.15) is 0 Å². The van der Waals surface area contributed by atoms with E-state index in [4.69, 9.17) is 4.74 Å². The molecule has 0 amide bonds. The van der Waals surface area contributed by atoms with E-state index < -0.39 is 0 Å². The molecule has 0 aliphatic carbocycles. The largest absolute Gasteiger partial charge is 0.490 e. The SMILES string of the molecule is Cc1ncc(CN2CCC(Oc3cccc4[nH]ccc34)CC2)s1. The molecule has 0 radical (unpaired) electrons. The number of hydrogen-bond donors (Lipinski definition) is 1. The molecule has 5 heteroatoms. The van der Waals surface area contributed by atoms with Crippen LogP contribution in [-0.2, 0) is 6.54 Å². The van der Waals surface area contributed by atoms with E-state index in [9.17, 15) is 0 Å². The Hall–Kier alpha value is -1.85. The molecule has 23 heavy (non-hydrogen) atoms. The average molecular weight is 327 g/mol. The van der Waals surface area contributed by atoms with Crippen molar-refractivity contribution in [1.82, 2.24) is 14.9 Å². The van der Waals surface area contributed by atoms with Crippen molar-refractivity contribution in [3.05, 3.63) is 46.5 Å². The zero-order valence-corrected chi connectivity index (χ0v) is 14.1. The Labute approximate surface area is 140 Å². The lowest BCUT2D eigenvalue weighted by atomic mass is 10.1. The molecule has 120 valence electrons. The lowest BCUT2D eigenvalue weighted by Crippen LogP contribution is -2.37. The fourth-order valence-corrected chi connectivity index (χ4v) is 4.06. The lowest BCUT2D eigenvalue weighted by molar-refractivity contribution is 0.0985. The quantitative estimate of drug-likeness (QED) is 0.788. The molecule has 1 aromatic carbocycles. The van der Waals surface area contributed by atoms with Crippen LogP contribution < -0.4 is 4.74 Å². The molecule has 1 fully saturated rings. The van der Waals surface area contributed by atoms with Crippen LogP contribution >= 0.6 is 11.3 Å². The van der Waals surface area contributed by atoms with Crippen molar-refractivity contribution in [2.75, 3.05) is 13.1 Å². The second-order valence-corrected chi connectivity index (χ2v) is 7.45. The highest BCUT2D eigenvalue weighted by molar-refractivity contribution is 7.11. The van der Waals surface area contributed by atoms with Crippen molar-refractivity contribution < 1.29 is 4.74 Å². The van der Waals surface area contributed by atoms with Gasteiger partial charge < -0.3 is 9.72 Å². The zero-order valence-electron chi connectivity index (χ0n) is 13.3. The summed E-state index contributed by atoms with van der Waals surface area (Å²) in [6, 6.07) is 8.30. The van der Waals surface area contributed by atoms with Crippen molar-refractivity contribution in [3.8, 4) is 5.75 Å². The fourth-order valence-electron chi connectivity index (χ4n) is 3.22. The number of benzene rings is 1. The van der Waals surface area contributed by atoms with E-state index in [1.807, 2.05) is 12.4 Å². The molecule has 0 bridgehead atoms. The van der Waals surface area contributed by atoms with Crippen LogP contribution in [0.15, 0.2) is 36.7 Å². The van der Waals surface area contributed by atoms with Crippen LogP contribution in [0.2, 0.25) is 0 Å². The Morgan fingerprint density at radius 1 is 1.30 bits per heavy atom. The highest BCUT2D eigenvalue weighted by Gasteiger charge is 2.21. The Morgan fingerprint density at radius 3 is 2.96 bits per heavy atom. The van der Waals surface area contributed by atoms with Gasteiger partial charge in [0.2, 0.25) is 0 Å². The number of thiazole rings is 1. The van der Waals surface area contributed by atoms with Gasteiger partial charge in [0, 0.05) is 47.8 Å². The summed E-state index contributed by atoms with van der Waals surface area (Å²) in [5.74, 6) is 1.00. The van der Waals surface area contributed by atoms with Crippen molar-refractivity contribution in [2.24, 2.45) is 0 Å². The average Bonchev–Trinajstić information content (AvgIpc) is 3.19. The third kappa shape index (κ3) is 3.26. The normalized spacial score (nSPS) is 16.9. The third-order valence-electron chi connectivity index (χ3n) is 4.43. The van der Waals surface area contributed by atoms with Crippen molar-refractivity contribution in [2.45, 2.75) is 32.4 Å². The molecule has 0 unspecified atom stereocenters. The Kier molecular flexibility index (Phi) is 4.06. The molecule has 1 aliphatic rings. The monoisotopic (exact) mass is 327 g/mol. The van der Waals surface area contributed by atoms with E-state index in [-0.39, 0.29) is 0 Å². The van der Waals surface area contributed by atoms with Gasteiger partial charge in [0.05, 0.1) is 5.01 Å². The Balaban J connectivity index is 1.35. The zero-order chi connectivity index (χ0) is 15.6. The number of ether oxygens (including phenoxy) is 1. The second kappa shape index (κ2) is 6.34. The number of likely N-dealkylation sites (tertiary alicyclic amines) is 1.